The zero-order valence-electron chi connectivity index (χ0n) is 13.1. The van der Waals surface area contributed by atoms with E-state index in [1.807, 2.05) is 18.2 Å². The maximum atomic E-state index is 5.44. The summed E-state index contributed by atoms with van der Waals surface area (Å²) >= 11 is 0. The molecule has 23 heavy (non-hydrogen) atoms. The van der Waals surface area contributed by atoms with Crippen molar-refractivity contribution < 1.29 is 4.74 Å². The van der Waals surface area contributed by atoms with Crippen LogP contribution < -0.4 is 9.64 Å². The van der Waals surface area contributed by atoms with Gasteiger partial charge >= 0.3 is 0 Å². The Kier molecular flexibility index (Phi) is 3.54. The largest absolute Gasteiger partial charge is 0.494 e. The fourth-order valence-electron chi connectivity index (χ4n) is 3.20. The van der Waals surface area contributed by atoms with Gasteiger partial charge in [0.2, 0.25) is 0 Å². The Labute approximate surface area is 135 Å². The molecule has 0 amide bonds. The number of fused-ring (bicyclic) bond motifs is 1. The average Bonchev–Trinajstić information content (AvgIpc) is 3.15. The summed E-state index contributed by atoms with van der Waals surface area (Å²) in [5.74, 6) is 1.73. The number of anilines is 1. The van der Waals surface area contributed by atoms with Crippen molar-refractivity contribution in [1.82, 2.24) is 15.0 Å². The molecule has 0 atom stereocenters. The van der Waals surface area contributed by atoms with E-state index in [0.29, 0.717) is 0 Å². The molecular formula is C18H18N4O. The van der Waals surface area contributed by atoms with Gasteiger partial charge in [0.15, 0.2) is 5.82 Å². The lowest BCUT2D eigenvalue weighted by Crippen LogP contribution is -2.20. The smallest absolute Gasteiger partial charge is 0.155 e. The van der Waals surface area contributed by atoms with Crippen molar-refractivity contribution in [2.75, 3.05) is 25.1 Å². The molecule has 3 aromatic rings. The SMILES string of the molecule is COc1ccc(-c2nccnc2N2CCCC2)c2cccnc12. The van der Waals surface area contributed by atoms with E-state index >= 15 is 0 Å². The summed E-state index contributed by atoms with van der Waals surface area (Å²) in [6, 6.07) is 8.00. The van der Waals surface area contributed by atoms with Gasteiger partial charge in [-0.1, -0.05) is 6.07 Å². The summed E-state index contributed by atoms with van der Waals surface area (Å²) in [6.07, 6.45) is 7.72. The molecule has 0 spiro atoms. The molecule has 0 bridgehead atoms. The summed E-state index contributed by atoms with van der Waals surface area (Å²) in [6.45, 7) is 2.08. The van der Waals surface area contributed by atoms with Gasteiger partial charge in [-0.15, -0.1) is 0 Å². The third-order valence-electron chi connectivity index (χ3n) is 4.29. The van der Waals surface area contributed by atoms with Crippen LogP contribution in [-0.4, -0.2) is 35.2 Å². The Morgan fingerprint density at radius 3 is 2.61 bits per heavy atom. The van der Waals surface area contributed by atoms with Crippen molar-refractivity contribution in [3.63, 3.8) is 0 Å². The Morgan fingerprint density at radius 2 is 1.78 bits per heavy atom. The third kappa shape index (κ3) is 2.38. The molecule has 0 aliphatic carbocycles. The van der Waals surface area contributed by atoms with Crippen LogP contribution in [0.15, 0.2) is 42.9 Å². The van der Waals surface area contributed by atoms with Crippen LogP contribution in [0.25, 0.3) is 22.2 Å². The first kappa shape index (κ1) is 13.9. The Bertz CT molecular complexity index is 843. The average molecular weight is 306 g/mol. The van der Waals surface area contributed by atoms with Gasteiger partial charge in [0.05, 0.1) is 7.11 Å². The number of ether oxygens (including phenoxy) is 1. The molecule has 1 fully saturated rings. The lowest BCUT2D eigenvalue weighted by molar-refractivity contribution is 0.419. The van der Waals surface area contributed by atoms with Crippen LogP contribution in [-0.2, 0) is 0 Å². The van der Waals surface area contributed by atoms with Crippen LogP contribution in [0.2, 0.25) is 0 Å². The Balaban J connectivity index is 1.94. The molecular weight excluding hydrogens is 288 g/mol. The highest BCUT2D eigenvalue weighted by molar-refractivity contribution is 5.99. The standard InChI is InChI=1S/C18H18N4O/c1-23-15-7-6-14(13-5-4-8-19-16(13)15)17-18(21-10-9-20-17)22-11-2-3-12-22/h4-10H,2-3,11-12H2,1H3. The van der Waals surface area contributed by atoms with Gasteiger partial charge in [-0.2, -0.15) is 0 Å². The molecule has 4 rings (SSSR count). The molecule has 3 heterocycles. The monoisotopic (exact) mass is 306 g/mol. The number of nitrogens with zero attached hydrogens (tertiary/aromatic N) is 4. The molecule has 0 unspecified atom stereocenters. The number of pyridine rings is 1. The van der Waals surface area contributed by atoms with Crippen molar-refractivity contribution in [3.8, 4) is 17.0 Å². The number of hydrogen-bond donors (Lipinski definition) is 0. The Morgan fingerprint density at radius 1 is 0.957 bits per heavy atom. The number of rotatable bonds is 3. The van der Waals surface area contributed by atoms with Crippen LogP contribution in [0.1, 0.15) is 12.8 Å². The fraction of sp³-hybridized carbons (Fsp3) is 0.278. The molecule has 1 aromatic carbocycles. The predicted octanol–water partition coefficient (Wildman–Crippen LogP) is 3.30. The highest BCUT2D eigenvalue weighted by Crippen LogP contribution is 2.36. The summed E-state index contributed by atoms with van der Waals surface area (Å²) < 4.78 is 5.44. The topological polar surface area (TPSA) is 51.1 Å². The molecule has 0 radical (unpaired) electrons. The van der Waals surface area contributed by atoms with E-state index in [0.717, 1.165) is 46.8 Å². The molecule has 1 saturated heterocycles. The quantitative estimate of drug-likeness (QED) is 0.743. The molecule has 1 aliphatic rings. The fourth-order valence-corrected chi connectivity index (χ4v) is 3.20. The van der Waals surface area contributed by atoms with E-state index in [1.165, 1.54) is 12.8 Å². The summed E-state index contributed by atoms with van der Waals surface area (Å²) in [7, 11) is 1.67. The van der Waals surface area contributed by atoms with E-state index in [1.54, 1.807) is 25.7 Å². The third-order valence-corrected chi connectivity index (χ3v) is 4.29. The number of methoxy groups -OCH3 is 1. The van der Waals surface area contributed by atoms with Crippen molar-refractivity contribution in [3.05, 3.63) is 42.9 Å². The minimum Gasteiger partial charge on any atom is -0.494 e. The predicted molar refractivity (Wildman–Crippen MR) is 90.8 cm³/mol. The molecule has 1 aliphatic heterocycles. The number of hydrogen-bond acceptors (Lipinski definition) is 5. The molecule has 0 N–H and O–H groups in total. The molecule has 116 valence electrons. The van der Waals surface area contributed by atoms with Gasteiger partial charge in [-0.3, -0.25) is 9.97 Å². The van der Waals surface area contributed by atoms with Crippen molar-refractivity contribution in [2.24, 2.45) is 0 Å². The van der Waals surface area contributed by atoms with E-state index in [4.69, 9.17) is 4.74 Å². The summed E-state index contributed by atoms with van der Waals surface area (Å²) in [5.41, 5.74) is 2.81. The second-order valence-electron chi connectivity index (χ2n) is 5.64. The highest BCUT2D eigenvalue weighted by atomic mass is 16.5. The first-order valence-corrected chi connectivity index (χ1v) is 7.86. The molecule has 5 nitrogen and oxygen atoms in total. The zero-order valence-corrected chi connectivity index (χ0v) is 13.1. The molecule has 5 heteroatoms. The normalized spacial score (nSPS) is 14.4. The Hall–Kier alpha value is -2.69. The van der Waals surface area contributed by atoms with Crippen molar-refractivity contribution >= 4 is 16.7 Å². The van der Waals surface area contributed by atoms with Crippen molar-refractivity contribution in [1.29, 1.82) is 0 Å². The van der Waals surface area contributed by atoms with Gasteiger partial charge in [-0.25, -0.2) is 4.98 Å². The zero-order chi connectivity index (χ0) is 15.6. The number of benzene rings is 1. The highest BCUT2D eigenvalue weighted by Gasteiger charge is 2.20. The van der Waals surface area contributed by atoms with Gasteiger partial charge in [0.25, 0.3) is 0 Å². The van der Waals surface area contributed by atoms with Gasteiger partial charge in [0, 0.05) is 42.6 Å². The van der Waals surface area contributed by atoms with E-state index in [9.17, 15) is 0 Å². The maximum Gasteiger partial charge on any atom is 0.155 e. The summed E-state index contributed by atoms with van der Waals surface area (Å²) in [4.78, 5) is 16.0. The van der Waals surface area contributed by atoms with Gasteiger partial charge in [0.1, 0.15) is 17.0 Å². The second-order valence-corrected chi connectivity index (χ2v) is 5.64. The first-order valence-electron chi connectivity index (χ1n) is 7.86. The van der Waals surface area contributed by atoms with Gasteiger partial charge < -0.3 is 9.64 Å². The van der Waals surface area contributed by atoms with Crippen molar-refractivity contribution in [2.45, 2.75) is 12.8 Å². The van der Waals surface area contributed by atoms with E-state index < -0.39 is 0 Å². The molecule has 2 aromatic heterocycles. The summed E-state index contributed by atoms with van der Waals surface area (Å²) in [5, 5.41) is 1.03. The van der Waals surface area contributed by atoms with Crippen LogP contribution in [0, 0.1) is 0 Å². The first-order chi connectivity index (χ1) is 11.4. The minimum atomic E-state index is 0.774. The van der Waals surface area contributed by atoms with Crippen LogP contribution in [0.3, 0.4) is 0 Å². The van der Waals surface area contributed by atoms with Crippen LogP contribution in [0.5, 0.6) is 5.75 Å². The number of aromatic nitrogens is 3. The van der Waals surface area contributed by atoms with Crippen LogP contribution >= 0.6 is 0 Å². The maximum absolute atomic E-state index is 5.44. The lowest BCUT2D eigenvalue weighted by atomic mass is 10.0. The lowest BCUT2D eigenvalue weighted by Gasteiger charge is -2.19. The van der Waals surface area contributed by atoms with Gasteiger partial charge in [-0.05, 0) is 31.0 Å². The second kappa shape index (κ2) is 5.83. The van der Waals surface area contributed by atoms with Crippen LogP contribution in [0.4, 0.5) is 5.82 Å². The van der Waals surface area contributed by atoms with E-state index in [-0.39, 0.29) is 0 Å². The molecule has 0 saturated carbocycles. The minimum absolute atomic E-state index is 0.774. The van der Waals surface area contributed by atoms with E-state index in [2.05, 4.69) is 25.9 Å².